The molecule has 0 unspecified atom stereocenters. The smallest absolute Gasteiger partial charge is 0.253 e. The molecule has 0 bridgehead atoms. The minimum atomic E-state index is 0.0358. The minimum Gasteiger partial charge on any atom is -0.383 e. The van der Waals surface area contributed by atoms with E-state index in [0.717, 1.165) is 62.1 Å². The molecule has 0 aliphatic carbocycles. The third kappa shape index (κ3) is 3.79. The van der Waals surface area contributed by atoms with Gasteiger partial charge in [-0.05, 0) is 37.9 Å². The lowest BCUT2D eigenvalue weighted by Gasteiger charge is -2.31. The van der Waals surface area contributed by atoms with Crippen LogP contribution in [-0.4, -0.2) is 55.3 Å². The number of aryl methyl sites for hydroxylation is 1. The first kappa shape index (κ1) is 17.0. The number of nitrogens with one attached hydrogen (secondary N) is 1. The van der Waals surface area contributed by atoms with Gasteiger partial charge < -0.3 is 19.5 Å². The van der Waals surface area contributed by atoms with Gasteiger partial charge in [0.05, 0.1) is 12.2 Å². The number of hydrogen-bond acceptors (Lipinski definition) is 3. The van der Waals surface area contributed by atoms with E-state index in [1.165, 1.54) is 0 Å². The molecule has 2 heterocycles. The number of aromatic nitrogens is 1. The number of amides is 1. The number of methoxy groups -OCH3 is 1. The molecular weight excluding hydrogens is 302 g/mol. The highest BCUT2D eigenvalue weighted by molar-refractivity contribution is 6.06. The van der Waals surface area contributed by atoms with Crippen LogP contribution in [0.1, 0.15) is 23.2 Å². The van der Waals surface area contributed by atoms with Gasteiger partial charge >= 0.3 is 0 Å². The van der Waals surface area contributed by atoms with E-state index in [-0.39, 0.29) is 5.91 Å². The molecule has 1 aromatic heterocycles. The van der Waals surface area contributed by atoms with Crippen LogP contribution in [0.2, 0.25) is 0 Å². The van der Waals surface area contributed by atoms with E-state index in [9.17, 15) is 4.79 Å². The molecule has 3 rings (SSSR count). The lowest BCUT2D eigenvalue weighted by Crippen LogP contribution is -2.39. The maximum Gasteiger partial charge on any atom is 0.253 e. The Morgan fingerprint density at radius 1 is 1.29 bits per heavy atom. The van der Waals surface area contributed by atoms with Gasteiger partial charge in [0.25, 0.3) is 5.91 Å². The molecule has 0 spiro atoms. The van der Waals surface area contributed by atoms with Crippen molar-refractivity contribution in [3.63, 3.8) is 0 Å². The summed E-state index contributed by atoms with van der Waals surface area (Å²) in [5.74, 6) is 0.608. The molecule has 5 heteroatoms. The molecule has 2 aromatic rings. The SMILES string of the molecule is COCCN1CCC(CNC(=O)c2cn(C)c3ccccc23)CC1. The maximum atomic E-state index is 12.6. The summed E-state index contributed by atoms with van der Waals surface area (Å²) in [5, 5.41) is 4.16. The van der Waals surface area contributed by atoms with E-state index in [2.05, 4.69) is 10.2 Å². The second-order valence-corrected chi connectivity index (χ2v) is 6.66. The van der Waals surface area contributed by atoms with Crippen molar-refractivity contribution in [2.75, 3.05) is 39.9 Å². The summed E-state index contributed by atoms with van der Waals surface area (Å²) < 4.78 is 7.15. The van der Waals surface area contributed by atoms with E-state index in [0.29, 0.717) is 5.92 Å². The maximum absolute atomic E-state index is 12.6. The normalized spacial score (nSPS) is 16.6. The van der Waals surface area contributed by atoms with Crippen LogP contribution in [0.4, 0.5) is 0 Å². The molecule has 1 aromatic carbocycles. The highest BCUT2D eigenvalue weighted by Gasteiger charge is 2.20. The van der Waals surface area contributed by atoms with Gasteiger partial charge in [-0.15, -0.1) is 0 Å². The number of benzene rings is 1. The minimum absolute atomic E-state index is 0.0358. The Hall–Kier alpha value is -1.85. The predicted octanol–water partition coefficient (Wildman–Crippen LogP) is 2.27. The standard InChI is InChI=1S/C19H27N3O2/c1-21-14-17(16-5-3-4-6-18(16)21)19(23)20-13-15-7-9-22(10-8-15)11-12-24-2/h3-6,14-15H,7-13H2,1-2H3,(H,20,23). The molecule has 130 valence electrons. The second kappa shape index (κ2) is 7.81. The van der Waals surface area contributed by atoms with Gasteiger partial charge in [-0.25, -0.2) is 0 Å². The molecular formula is C19H27N3O2. The second-order valence-electron chi connectivity index (χ2n) is 6.66. The largest absolute Gasteiger partial charge is 0.383 e. The van der Waals surface area contributed by atoms with Crippen molar-refractivity contribution >= 4 is 16.8 Å². The highest BCUT2D eigenvalue weighted by Crippen LogP contribution is 2.21. The molecule has 1 aliphatic rings. The van der Waals surface area contributed by atoms with Crippen LogP contribution in [0, 0.1) is 5.92 Å². The molecule has 1 amide bonds. The van der Waals surface area contributed by atoms with E-state index < -0.39 is 0 Å². The Kier molecular flexibility index (Phi) is 5.53. The summed E-state index contributed by atoms with van der Waals surface area (Å²) in [6.07, 6.45) is 4.20. The summed E-state index contributed by atoms with van der Waals surface area (Å²) in [4.78, 5) is 15.0. The molecule has 0 radical (unpaired) electrons. The number of likely N-dealkylation sites (tertiary alicyclic amines) is 1. The Labute approximate surface area is 143 Å². The zero-order chi connectivity index (χ0) is 16.9. The third-order valence-electron chi connectivity index (χ3n) is 5.01. The molecule has 0 saturated carbocycles. The average molecular weight is 329 g/mol. The third-order valence-corrected chi connectivity index (χ3v) is 5.01. The number of carbonyl (C=O) groups excluding carboxylic acids is 1. The summed E-state index contributed by atoms with van der Waals surface area (Å²) >= 11 is 0. The number of rotatable bonds is 6. The Morgan fingerprint density at radius 2 is 2.04 bits per heavy atom. The Morgan fingerprint density at radius 3 is 2.79 bits per heavy atom. The molecule has 1 saturated heterocycles. The molecule has 1 fully saturated rings. The van der Waals surface area contributed by atoms with Gasteiger partial charge in [-0.3, -0.25) is 4.79 Å². The van der Waals surface area contributed by atoms with Crippen molar-refractivity contribution in [3.8, 4) is 0 Å². The van der Waals surface area contributed by atoms with Crippen LogP contribution in [0.5, 0.6) is 0 Å². The summed E-state index contributed by atoms with van der Waals surface area (Å²) in [5.41, 5.74) is 1.86. The molecule has 0 atom stereocenters. The Balaban J connectivity index is 1.53. The number of ether oxygens (including phenoxy) is 1. The monoisotopic (exact) mass is 329 g/mol. The number of para-hydroxylation sites is 1. The molecule has 1 N–H and O–H groups in total. The zero-order valence-electron chi connectivity index (χ0n) is 14.6. The lowest BCUT2D eigenvalue weighted by molar-refractivity contribution is 0.0927. The molecule has 1 aliphatic heterocycles. The number of nitrogens with zero attached hydrogens (tertiary/aromatic N) is 2. The number of piperidine rings is 1. The molecule has 5 nitrogen and oxygen atoms in total. The average Bonchev–Trinajstić information content (AvgIpc) is 2.96. The fraction of sp³-hybridized carbons (Fsp3) is 0.526. The lowest BCUT2D eigenvalue weighted by atomic mass is 9.96. The topological polar surface area (TPSA) is 46.5 Å². The highest BCUT2D eigenvalue weighted by atomic mass is 16.5. The van der Waals surface area contributed by atoms with Gasteiger partial charge in [-0.1, -0.05) is 18.2 Å². The summed E-state index contributed by atoms with van der Waals surface area (Å²) in [6.45, 7) is 4.75. The molecule has 24 heavy (non-hydrogen) atoms. The summed E-state index contributed by atoms with van der Waals surface area (Å²) in [6, 6.07) is 8.04. The van der Waals surface area contributed by atoms with Crippen LogP contribution in [-0.2, 0) is 11.8 Å². The van der Waals surface area contributed by atoms with Crippen LogP contribution in [0.25, 0.3) is 10.9 Å². The Bertz CT molecular complexity index is 687. The van der Waals surface area contributed by atoms with Gasteiger partial charge in [0, 0.05) is 44.3 Å². The fourth-order valence-electron chi connectivity index (χ4n) is 3.49. The number of fused-ring (bicyclic) bond motifs is 1. The first-order valence-electron chi connectivity index (χ1n) is 8.72. The van der Waals surface area contributed by atoms with Crippen LogP contribution >= 0.6 is 0 Å². The fourth-order valence-corrected chi connectivity index (χ4v) is 3.49. The van der Waals surface area contributed by atoms with Crippen molar-refractivity contribution in [1.82, 2.24) is 14.8 Å². The van der Waals surface area contributed by atoms with E-state index in [4.69, 9.17) is 4.74 Å². The van der Waals surface area contributed by atoms with Crippen molar-refractivity contribution < 1.29 is 9.53 Å². The van der Waals surface area contributed by atoms with Crippen molar-refractivity contribution in [1.29, 1.82) is 0 Å². The van der Waals surface area contributed by atoms with Crippen molar-refractivity contribution in [2.24, 2.45) is 13.0 Å². The van der Waals surface area contributed by atoms with Crippen molar-refractivity contribution in [2.45, 2.75) is 12.8 Å². The van der Waals surface area contributed by atoms with E-state index in [1.54, 1.807) is 7.11 Å². The number of hydrogen-bond donors (Lipinski definition) is 1. The first-order chi connectivity index (χ1) is 11.7. The predicted molar refractivity (Wildman–Crippen MR) is 96.3 cm³/mol. The van der Waals surface area contributed by atoms with Gasteiger partial charge in [0.1, 0.15) is 0 Å². The van der Waals surface area contributed by atoms with Gasteiger partial charge in [-0.2, -0.15) is 0 Å². The quantitative estimate of drug-likeness (QED) is 0.884. The number of carbonyl (C=O) groups is 1. The zero-order valence-corrected chi connectivity index (χ0v) is 14.6. The van der Waals surface area contributed by atoms with Crippen LogP contribution in [0.3, 0.4) is 0 Å². The summed E-state index contributed by atoms with van der Waals surface area (Å²) in [7, 11) is 3.73. The van der Waals surface area contributed by atoms with E-state index in [1.807, 2.05) is 42.1 Å². The van der Waals surface area contributed by atoms with Crippen LogP contribution < -0.4 is 5.32 Å². The first-order valence-corrected chi connectivity index (χ1v) is 8.72. The van der Waals surface area contributed by atoms with Crippen molar-refractivity contribution in [3.05, 3.63) is 36.0 Å². The van der Waals surface area contributed by atoms with Crippen LogP contribution in [0.15, 0.2) is 30.5 Å². The van der Waals surface area contributed by atoms with Gasteiger partial charge in [0.2, 0.25) is 0 Å². The van der Waals surface area contributed by atoms with E-state index >= 15 is 0 Å². The van der Waals surface area contributed by atoms with Gasteiger partial charge in [0.15, 0.2) is 0 Å².